The molecule has 0 radical (unpaired) electrons. The Hall–Kier alpha value is -2.83. The van der Waals surface area contributed by atoms with Gasteiger partial charge in [0, 0.05) is 23.4 Å². The molecule has 0 spiro atoms. The number of halogens is 2. The SMILES string of the molecule is O=C(Nc1cccc([N+](=O)[O-])c1)c1ccc(F)c(F)c1. The van der Waals surface area contributed by atoms with E-state index < -0.39 is 22.5 Å². The molecule has 2 aromatic carbocycles. The van der Waals surface area contributed by atoms with E-state index in [1.165, 1.54) is 18.2 Å². The van der Waals surface area contributed by atoms with Crippen LogP contribution in [0.4, 0.5) is 20.2 Å². The van der Waals surface area contributed by atoms with Crippen LogP contribution in [0.2, 0.25) is 0 Å². The lowest BCUT2D eigenvalue weighted by atomic mass is 10.2. The molecule has 1 N–H and O–H groups in total. The highest BCUT2D eigenvalue weighted by atomic mass is 19.2. The van der Waals surface area contributed by atoms with Crippen LogP contribution < -0.4 is 5.32 Å². The Morgan fingerprint density at radius 2 is 1.85 bits per heavy atom. The van der Waals surface area contributed by atoms with Crippen molar-refractivity contribution in [3.05, 3.63) is 69.8 Å². The molecule has 0 aliphatic heterocycles. The first-order valence-electron chi connectivity index (χ1n) is 5.48. The minimum atomic E-state index is -1.14. The highest BCUT2D eigenvalue weighted by Crippen LogP contribution is 2.18. The average Bonchev–Trinajstić information content (AvgIpc) is 2.42. The van der Waals surface area contributed by atoms with Crippen LogP contribution in [0, 0.1) is 21.7 Å². The first-order chi connectivity index (χ1) is 9.47. The molecule has 0 saturated heterocycles. The van der Waals surface area contributed by atoms with Crippen LogP contribution in [0.15, 0.2) is 42.5 Å². The summed E-state index contributed by atoms with van der Waals surface area (Å²) in [7, 11) is 0. The molecule has 0 unspecified atom stereocenters. The largest absolute Gasteiger partial charge is 0.322 e. The van der Waals surface area contributed by atoms with E-state index in [1.54, 1.807) is 0 Å². The Morgan fingerprint density at radius 1 is 1.10 bits per heavy atom. The van der Waals surface area contributed by atoms with Gasteiger partial charge in [0.15, 0.2) is 11.6 Å². The molecule has 2 aromatic rings. The quantitative estimate of drug-likeness (QED) is 0.692. The molecule has 0 bridgehead atoms. The van der Waals surface area contributed by atoms with Crippen LogP contribution >= 0.6 is 0 Å². The fraction of sp³-hybridized carbons (Fsp3) is 0. The fourth-order valence-electron chi connectivity index (χ4n) is 1.54. The second kappa shape index (κ2) is 5.43. The predicted molar refractivity (Wildman–Crippen MR) is 67.4 cm³/mol. The molecule has 0 saturated carbocycles. The minimum Gasteiger partial charge on any atom is -0.322 e. The van der Waals surface area contributed by atoms with Crippen LogP contribution in [-0.4, -0.2) is 10.8 Å². The van der Waals surface area contributed by atoms with Gasteiger partial charge in [-0.3, -0.25) is 14.9 Å². The number of non-ortho nitro benzene ring substituents is 1. The summed E-state index contributed by atoms with van der Waals surface area (Å²) < 4.78 is 25.8. The van der Waals surface area contributed by atoms with Crippen LogP contribution in [0.5, 0.6) is 0 Å². The van der Waals surface area contributed by atoms with Gasteiger partial charge >= 0.3 is 0 Å². The molecular formula is C13H8F2N2O3. The van der Waals surface area contributed by atoms with Crippen molar-refractivity contribution in [2.45, 2.75) is 0 Å². The zero-order valence-corrected chi connectivity index (χ0v) is 9.97. The second-order valence-corrected chi connectivity index (χ2v) is 3.89. The van der Waals surface area contributed by atoms with Crippen molar-refractivity contribution in [2.75, 3.05) is 5.32 Å². The number of amides is 1. The fourth-order valence-corrected chi connectivity index (χ4v) is 1.54. The molecule has 0 fully saturated rings. The first-order valence-corrected chi connectivity index (χ1v) is 5.48. The molecular weight excluding hydrogens is 270 g/mol. The second-order valence-electron chi connectivity index (χ2n) is 3.89. The van der Waals surface area contributed by atoms with Gasteiger partial charge in [-0.05, 0) is 24.3 Å². The third-order valence-electron chi connectivity index (χ3n) is 2.50. The molecule has 0 aromatic heterocycles. The maximum atomic E-state index is 13.0. The van der Waals surface area contributed by atoms with Crippen molar-refractivity contribution in [2.24, 2.45) is 0 Å². The van der Waals surface area contributed by atoms with Crippen LogP contribution in [0.25, 0.3) is 0 Å². The van der Waals surface area contributed by atoms with Gasteiger partial charge in [0.2, 0.25) is 0 Å². The van der Waals surface area contributed by atoms with E-state index in [0.29, 0.717) is 0 Å². The summed E-state index contributed by atoms with van der Waals surface area (Å²) in [6.45, 7) is 0. The van der Waals surface area contributed by atoms with Gasteiger partial charge in [-0.2, -0.15) is 0 Å². The van der Waals surface area contributed by atoms with E-state index in [2.05, 4.69) is 5.32 Å². The highest BCUT2D eigenvalue weighted by molar-refractivity contribution is 6.04. The smallest absolute Gasteiger partial charge is 0.271 e. The summed E-state index contributed by atoms with van der Waals surface area (Å²) in [5.74, 6) is -2.89. The van der Waals surface area contributed by atoms with E-state index >= 15 is 0 Å². The van der Waals surface area contributed by atoms with Gasteiger partial charge in [0.1, 0.15) is 0 Å². The average molecular weight is 278 g/mol. The standard InChI is InChI=1S/C13H8F2N2O3/c14-11-5-4-8(6-12(11)15)13(18)16-9-2-1-3-10(7-9)17(19)20/h1-7H,(H,16,18). The number of carbonyl (C=O) groups is 1. The summed E-state index contributed by atoms with van der Waals surface area (Å²) >= 11 is 0. The van der Waals surface area contributed by atoms with Gasteiger partial charge in [0.25, 0.3) is 11.6 Å². The van der Waals surface area contributed by atoms with Crippen molar-refractivity contribution in [1.82, 2.24) is 0 Å². The molecule has 20 heavy (non-hydrogen) atoms. The number of anilines is 1. The highest BCUT2D eigenvalue weighted by Gasteiger charge is 2.12. The Labute approximate surface area is 112 Å². The Bertz CT molecular complexity index is 689. The number of nitrogens with zero attached hydrogens (tertiary/aromatic N) is 1. The number of rotatable bonds is 3. The minimum absolute atomic E-state index is 0.0876. The molecule has 2 rings (SSSR count). The predicted octanol–water partition coefficient (Wildman–Crippen LogP) is 3.13. The third kappa shape index (κ3) is 2.94. The Balaban J connectivity index is 2.21. The lowest BCUT2D eigenvalue weighted by Gasteiger charge is -2.05. The van der Waals surface area contributed by atoms with Crippen LogP contribution in [-0.2, 0) is 0 Å². The number of hydrogen-bond acceptors (Lipinski definition) is 3. The number of nitro benzene ring substituents is 1. The summed E-state index contributed by atoms with van der Waals surface area (Å²) in [4.78, 5) is 21.8. The Kier molecular flexibility index (Phi) is 3.69. The van der Waals surface area contributed by atoms with Gasteiger partial charge in [0.05, 0.1) is 4.92 Å². The maximum absolute atomic E-state index is 13.0. The lowest BCUT2D eigenvalue weighted by molar-refractivity contribution is -0.384. The van der Waals surface area contributed by atoms with Crippen molar-refractivity contribution >= 4 is 17.3 Å². The first kappa shape index (κ1) is 13.6. The molecule has 7 heteroatoms. The van der Waals surface area contributed by atoms with E-state index in [1.807, 2.05) is 0 Å². The molecule has 0 atom stereocenters. The van der Waals surface area contributed by atoms with Crippen molar-refractivity contribution < 1.29 is 18.5 Å². The van der Waals surface area contributed by atoms with E-state index in [9.17, 15) is 23.7 Å². The van der Waals surface area contributed by atoms with Crippen molar-refractivity contribution in [1.29, 1.82) is 0 Å². The maximum Gasteiger partial charge on any atom is 0.271 e. The van der Waals surface area contributed by atoms with Gasteiger partial charge < -0.3 is 5.32 Å². The summed E-state index contributed by atoms with van der Waals surface area (Å²) in [5.41, 5.74) is -0.0857. The third-order valence-corrected chi connectivity index (χ3v) is 2.50. The van der Waals surface area contributed by atoms with Gasteiger partial charge in [-0.1, -0.05) is 6.07 Å². The number of benzene rings is 2. The van der Waals surface area contributed by atoms with Crippen molar-refractivity contribution in [3.8, 4) is 0 Å². The van der Waals surface area contributed by atoms with E-state index in [0.717, 1.165) is 24.3 Å². The zero-order chi connectivity index (χ0) is 14.7. The monoisotopic (exact) mass is 278 g/mol. The number of hydrogen-bond donors (Lipinski definition) is 1. The summed E-state index contributed by atoms with van der Waals surface area (Å²) in [6, 6.07) is 7.99. The van der Waals surface area contributed by atoms with Gasteiger partial charge in [-0.25, -0.2) is 8.78 Å². The van der Waals surface area contributed by atoms with E-state index in [-0.39, 0.29) is 16.9 Å². The van der Waals surface area contributed by atoms with Crippen LogP contribution in [0.1, 0.15) is 10.4 Å². The zero-order valence-electron chi connectivity index (χ0n) is 9.97. The molecule has 5 nitrogen and oxygen atoms in total. The summed E-state index contributed by atoms with van der Waals surface area (Å²) in [6.07, 6.45) is 0. The van der Waals surface area contributed by atoms with Gasteiger partial charge in [-0.15, -0.1) is 0 Å². The number of nitro groups is 1. The summed E-state index contributed by atoms with van der Waals surface area (Å²) in [5, 5.41) is 13.0. The molecule has 0 aliphatic rings. The molecule has 1 amide bonds. The molecule has 102 valence electrons. The lowest BCUT2D eigenvalue weighted by Crippen LogP contribution is -2.12. The van der Waals surface area contributed by atoms with Crippen LogP contribution in [0.3, 0.4) is 0 Å². The van der Waals surface area contributed by atoms with Crippen molar-refractivity contribution in [3.63, 3.8) is 0 Å². The molecule has 0 aliphatic carbocycles. The molecule has 0 heterocycles. The number of nitrogens with one attached hydrogen (secondary N) is 1. The number of carbonyl (C=O) groups excluding carboxylic acids is 1. The van der Waals surface area contributed by atoms with E-state index in [4.69, 9.17) is 0 Å². The Morgan fingerprint density at radius 3 is 2.50 bits per heavy atom. The normalized spacial score (nSPS) is 10.1. The topological polar surface area (TPSA) is 72.2 Å².